The molecule has 1 saturated heterocycles. The van der Waals surface area contributed by atoms with Crippen LogP contribution < -0.4 is 10.2 Å². The molecule has 25 heavy (non-hydrogen) atoms. The molecular formula is C19H16BrN3O2. The van der Waals surface area contributed by atoms with Gasteiger partial charge in [0.05, 0.1) is 17.6 Å². The number of carbonyl (C=O) groups excluding carboxylic acids is 2. The fourth-order valence-electron chi connectivity index (χ4n) is 2.79. The molecule has 126 valence electrons. The lowest BCUT2D eigenvalue weighted by atomic mass is 10.1. The molecule has 1 atom stereocenters. The third kappa shape index (κ3) is 3.72. The molecule has 1 fully saturated rings. The summed E-state index contributed by atoms with van der Waals surface area (Å²) >= 11 is 3.44. The molecule has 0 bridgehead atoms. The Labute approximate surface area is 154 Å². The minimum Gasteiger partial charge on any atom is -0.326 e. The number of benzene rings is 2. The standard InChI is InChI=1S/C19H16BrN3O2/c1-12-5-6-15(9-17(12)20)22-19(25)14-8-18(24)23(11-14)16-4-2-3-13(7-16)10-21/h2-7,9,14H,8,11H2,1H3,(H,22,25). The number of nitriles is 1. The number of hydrogen-bond donors (Lipinski definition) is 1. The van der Waals surface area contributed by atoms with E-state index in [1.807, 2.05) is 25.1 Å². The zero-order valence-corrected chi connectivity index (χ0v) is 15.2. The number of carbonyl (C=O) groups is 2. The van der Waals surface area contributed by atoms with Crippen LogP contribution in [0.25, 0.3) is 0 Å². The fraction of sp³-hybridized carbons (Fsp3) is 0.211. The monoisotopic (exact) mass is 397 g/mol. The summed E-state index contributed by atoms with van der Waals surface area (Å²) in [7, 11) is 0. The van der Waals surface area contributed by atoms with Crippen molar-refractivity contribution in [3.8, 4) is 6.07 Å². The molecule has 5 nitrogen and oxygen atoms in total. The molecule has 1 aliphatic heterocycles. The first-order valence-electron chi connectivity index (χ1n) is 7.85. The Hall–Kier alpha value is -2.65. The minimum atomic E-state index is -0.418. The number of nitrogens with one attached hydrogen (secondary N) is 1. The predicted molar refractivity (Wildman–Crippen MR) is 99.1 cm³/mol. The van der Waals surface area contributed by atoms with Gasteiger partial charge in [0, 0.05) is 28.8 Å². The van der Waals surface area contributed by atoms with Crippen molar-refractivity contribution in [1.82, 2.24) is 0 Å². The van der Waals surface area contributed by atoms with Gasteiger partial charge >= 0.3 is 0 Å². The van der Waals surface area contributed by atoms with Crippen molar-refractivity contribution in [2.45, 2.75) is 13.3 Å². The lowest BCUT2D eigenvalue weighted by Gasteiger charge is -2.17. The predicted octanol–water partition coefficient (Wildman–Crippen LogP) is 3.62. The molecule has 2 aromatic carbocycles. The van der Waals surface area contributed by atoms with E-state index in [0.29, 0.717) is 23.5 Å². The molecule has 0 radical (unpaired) electrons. The van der Waals surface area contributed by atoms with Crippen molar-refractivity contribution >= 4 is 39.1 Å². The van der Waals surface area contributed by atoms with Gasteiger partial charge in [-0.3, -0.25) is 9.59 Å². The maximum Gasteiger partial charge on any atom is 0.229 e. The first kappa shape index (κ1) is 17.2. The molecule has 1 unspecified atom stereocenters. The SMILES string of the molecule is Cc1ccc(NC(=O)C2CC(=O)N(c3cccc(C#N)c3)C2)cc1Br. The molecule has 1 heterocycles. The topological polar surface area (TPSA) is 73.2 Å². The second-order valence-electron chi connectivity index (χ2n) is 6.02. The van der Waals surface area contributed by atoms with Crippen LogP contribution in [0.4, 0.5) is 11.4 Å². The van der Waals surface area contributed by atoms with Crippen LogP contribution >= 0.6 is 15.9 Å². The van der Waals surface area contributed by atoms with E-state index in [1.165, 1.54) is 0 Å². The van der Waals surface area contributed by atoms with Crippen molar-refractivity contribution in [1.29, 1.82) is 5.26 Å². The average molecular weight is 398 g/mol. The summed E-state index contributed by atoms with van der Waals surface area (Å²) < 4.78 is 0.919. The number of rotatable bonds is 3. The van der Waals surface area contributed by atoms with E-state index in [2.05, 4.69) is 27.3 Å². The number of halogens is 1. The van der Waals surface area contributed by atoms with Crippen molar-refractivity contribution < 1.29 is 9.59 Å². The third-order valence-corrected chi connectivity index (χ3v) is 5.08. The van der Waals surface area contributed by atoms with E-state index in [1.54, 1.807) is 29.2 Å². The normalized spacial score (nSPS) is 16.6. The Balaban J connectivity index is 1.72. The smallest absolute Gasteiger partial charge is 0.229 e. The summed E-state index contributed by atoms with van der Waals surface area (Å²) in [6.07, 6.45) is 0.162. The summed E-state index contributed by atoms with van der Waals surface area (Å²) in [5.41, 5.74) is 2.91. The first-order valence-corrected chi connectivity index (χ1v) is 8.65. The van der Waals surface area contributed by atoms with Crippen LogP contribution in [0.15, 0.2) is 46.9 Å². The van der Waals surface area contributed by atoms with E-state index in [-0.39, 0.29) is 18.2 Å². The number of nitrogens with zero attached hydrogens (tertiary/aromatic N) is 2. The van der Waals surface area contributed by atoms with Gasteiger partial charge in [-0.25, -0.2) is 0 Å². The van der Waals surface area contributed by atoms with Gasteiger partial charge in [0.15, 0.2) is 0 Å². The summed E-state index contributed by atoms with van der Waals surface area (Å²) in [5, 5.41) is 11.9. The van der Waals surface area contributed by atoms with Gasteiger partial charge in [-0.2, -0.15) is 5.26 Å². The molecule has 3 rings (SSSR count). The fourth-order valence-corrected chi connectivity index (χ4v) is 3.17. The van der Waals surface area contributed by atoms with Gasteiger partial charge in [-0.15, -0.1) is 0 Å². The Kier molecular flexibility index (Phi) is 4.86. The Morgan fingerprint density at radius 2 is 2.12 bits per heavy atom. The molecule has 2 aromatic rings. The zero-order valence-electron chi connectivity index (χ0n) is 13.6. The first-order chi connectivity index (χ1) is 12.0. The number of hydrogen-bond acceptors (Lipinski definition) is 3. The highest BCUT2D eigenvalue weighted by Crippen LogP contribution is 2.27. The van der Waals surface area contributed by atoms with Gasteiger partial charge in [0.2, 0.25) is 11.8 Å². The van der Waals surface area contributed by atoms with Crippen LogP contribution in [0.1, 0.15) is 17.5 Å². The van der Waals surface area contributed by atoms with Crippen LogP contribution in [-0.4, -0.2) is 18.4 Å². The molecule has 0 aliphatic carbocycles. The Morgan fingerprint density at radius 1 is 1.32 bits per heavy atom. The van der Waals surface area contributed by atoms with E-state index < -0.39 is 5.92 Å². The number of amides is 2. The molecule has 0 spiro atoms. The van der Waals surface area contributed by atoms with Gasteiger partial charge < -0.3 is 10.2 Å². The number of aryl methyl sites for hydroxylation is 1. The molecular weight excluding hydrogens is 382 g/mol. The maximum absolute atomic E-state index is 12.5. The lowest BCUT2D eigenvalue weighted by Crippen LogP contribution is -2.28. The lowest BCUT2D eigenvalue weighted by molar-refractivity contribution is -0.122. The molecule has 2 amide bonds. The van der Waals surface area contributed by atoms with Crippen LogP contribution in [0.3, 0.4) is 0 Å². The molecule has 1 aliphatic rings. The Bertz CT molecular complexity index is 888. The van der Waals surface area contributed by atoms with Gasteiger partial charge in [0.25, 0.3) is 0 Å². The largest absolute Gasteiger partial charge is 0.326 e. The highest BCUT2D eigenvalue weighted by atomic mass is 79.9. The van der Waals surface area contributed by atoms with Crippen molar-refractivity contribution in [3.63, 3.8) is 0 Å². The zero-order chi connectivity index (χ0) is 18.0. The summed E-state index contributed by atoms with van der Waals surface area (Å²) in [6, 6.07) is 14.5. The summed E-state index contributed by atoms with van der Waals surface area (Å²) in [4.78, 5) is 26.4. The van der Waals surface area contributed by atoms with E-state index in [0.717, 1.165) is 10.0 Å². The van der Waals surface area contributed by atoms with Crippen LogP contribution in [0.5, 0.6) is 0 Å². The maximum atomic E-state index is 12.5. The Morgan fingerprint density at radius 3 is 2.84 bits per heavy atom. The van der Waals surface area contributed by atoms with Crippen molar-refractivity contribution in [2.24, 2.45) is 5.92 Å². The second-order valence-corrected chi connectivity index (χ2v) is 6.88. The molecule has 6 heteroatoms. The molecule has 0 saturated carbocycles. The molecule has 1 N–H and O–H groups in total. The third-order valence-electron chi connectivity index (χ3n) is 4.22. The highest BCUT2D eigenvalue weighted by molar-refractivity contribution is 9.10. The quantitative estimate of drug-likeness (QED) is 0.859. The van der Waals surface area contributed by atoms with E-state index in [4.69, 9.17) is 5.26 Å². The average Bonchev–Trinajstić information content (AvgIpc) is 3.00. The van der Waals surface area contributed by atoms with Crippen LogP contribution in [0, 0.1) is 24.2 Å². The molecule has 0 aromatic heterocycles. The van der Waals surface area contributed by atoms with Crippen LogP contribution in [-0.2, 0) is 9.59 Å². The van der Waals surface area contributed by atoms with Gasteiger partial charge in [-0.1, -0.05) is 28.1 Å². The minimum absolute atomic E-state index is 0.111. The van der Waals surface area contributed by atoms with Crippen molar-refractivity contribution in [2.75, 3.05) is 16.8 Å². The number of anilines is 2. The van der Waals surface area contributed by atoms with Crippen molar-refractivity contribution in [3.05, 3.63) is 58.1 Å². The van der Waals surface area contributed by atoms with Gasteiger partial charge in [-0.05, 0) is 42.8 Å². The van der Waals surface area contributed by atoms with Gasteiger partial charge in [0.1, 0.15) is 0 Å². The van der Waals surface area contributed by atoms with E-state index in [9.17, 15) is 9.59 Å². The highest BCUT2D eigenvalue weighted by Gasteiger charge is 2.35. The summed E-state index contributed by atoms with van der Waals surface area (Å²) in [6.45, 7) is 2.28. The second kappa shape index (κ2) is 7.08. The summed E-state index contributed by atoms with van der Waals surface area (Å²) in [5.74, 6) is -0.707. The van der Waals surface area contributed by atoms with Crippen LogP contribution in [0.2, 0.25) is 0 Å². The van der Waals surface area contributed by atoms with E-state index >= 15 is 0 Å².